The second-order valence-corrected chi connectivity index (χ2v) is 7.04. The van der Waals surface area contributed by atoms with Crippen molar-refractivity contribution in [2.45, 2.75) is 45.3 Å². The summed E-state index contributed by atoms with van der Waals surface area (Å²) in [4.78, 5) is 16.2. The van der Waals surface area contributed by atoms with Crippen molar-refractivity contribution < 1.29 is 9.90 Å². The number of hydrogen-bond donors (Lipinski definition) is 2. The third-order valence-corrected chi connectivity index (χ3v) is 4.93. The fraction of sp³-hybridized carbons (Fsp3) is 0.667. The Morgan fingerprint density at radius 3 is 2.85 bits per heavy atom. The summed E-state index contributed by atoms with van der Waals surface area (Å²) in [6.07, 6.45) is 3.90. The van der Waals surface area contributed by atoms with Crippen LogP contribution < -0.4 is 5.32 Å². The van der Waals surface area contributed by atoms with Crippen molar-refractivity contribution in [3.63, 3.8) is 0 Å². The van der Waals surface area contributed by atoms with Gasteiger partial charge in [0.05, 0.1) is 12.6 Å². The van der Waals surface area contributed by atoms with Gasteiger partial charge in [-0.15, -0.1) is 11.3 Å². The molecule has 0 radical (unpaired) electrons. The highest BCUT2D eigenvalue weighted by Crippen LogP contribution is 2.24. The number of carbonyl (C=O) groups excluding carboxylic acids is 1. The Hall–Kier alpha value is -1.07. The summed E-state index contributed by atoms with van der Waals surface area (Å²) in [5.74, 6) is 0.225. The number of amides is 2. The van der Waals surface area contributed by atoms with E-state index in [4.69, 9.17) is 0 Å². The second kappa shape index (κ2) is 7.09. The molecule has 0 aromatic carbocycles. The lowest BCUT2D eigenvalue weighted by Gasteiger charge is -2.31. The SMILES string of the molecule is Cc1ccc(CNC(=O)N(C)C[C@H]2CCCC[C@@H]2O)s1. The van der Waals surface area contributed by atoms with Crippen molar-refractivity contribution in [2.24, 2.45) is 5.92 Å². The number of urea groups is 1. The van der Waals surface area contributed by atoms with E-state index in [1.807, 2.05) is 6.07 Å². The summed E-state index contributed by atoms with van der Waals surface area (Å²) in [7, 11) is 1.80. The molecule has 1 heterocycles. The summed E-state index contributed by atoms with van der Waals surface area (Å²) in [6.45, 7) is 3.28. The highest BCUT2D eigenvalue weighted by molar-refractivity contribution is 7.11. The molecule has 2 rings (SSSR count). The fourth-order valence-corrected chi connectivity index (χ4v) is 3.54. The minimum Gasteiger partial charge on any atom is -0.393 e. The molecule has 2 N–H and O–H groups in total. The Labute approximate surface area is 124 Å². The highest BCUT2D eigenvalue weighted by Gasteiger charge is 2.25. The predicted octanol–water partition coefficient (Wildman–Crippen LogP) is 2.75. The van der Waals surface area contributed by atoms with Gasteiger partial charge in [-0.2, -0.15) is 0 Å². The monoisotopic (exact) mass is 296 g/mol. The van der Waals surface area contributed by atoms with Gasteiger partial charge in [0.1, 0.15) is 0 Å². The summed E-state index contributed by atoms with van der Waals surface area (Å²) >= 11 is 1.70. The van der Waals surface area contributed by atoms with Crippen LogP contribution in [0.2, 0.25) is 0 Å². The minimum absolute atomic E-state index is 0.0613. The third-order valence-electron chi connectivity index (χ3n) is 3.93. The minimum atomic E-state index is -0.251. The van der Waals surface area contributed by atoms with E-state index in [-0.39, 0.29) is 18.1 Å². The molecule has 0 bridgehead atoms. The fourth-order valence-electron chi connectivity index (χ4n) is 2.71. The molecular formula is C15H24N2O2S. The maximum atomic E-state index is 12.0. The molecule has 1 aliphatic carbocycles. The lowest BCUT2D eigenvalue weighted by atomic mass is 9.86. The van der Waals surface area contributed by atoms with E-state index in [0.717, 1.165) is 25.7 Å². The molecule has 0 saturated heterocycles. The Kier molecular flexibility index (Phi) is 5.43. The summed E-state index contributed by atoms with van der Waals surface area (Å²) in [5.41, 5.74) is 0. The average molecular weight is 296 g/mol. The molecule has 2 amide bonds. The van der Waals surface area contributed by atoms with Crippen LogP contribution in [-0.2, 0) is 6.54 Å². The standard InChI is InChI=1S/C15H24N2O2S/c1-11-7-8-13(20-11)9-16-15(19)17(2)10-12-5-3-4-6-14(12)18/h7-8,12,14,18H,3-6,9-10H2,1-2H3,(H,16,19)/t12-,14+/m1/s1. The van der Waals surface area contributed by atoms with E-state index in [2.05, 4.69) is 18.3 Å². The molecule has 0 spiro atoms. The number of aliphatic hydroxyl groups excluding tert-OH is 1. The van der Waals surface area contributed by atoms with Gasteiger partial charge >= 0.3 is 6.03 Å². The van der Waals surface area contributed by atoms with E-state index in [1.54, 1.807) is 23.3 Å². The van der Waals surface area contributed by atoms with Gasteiger partial charge in [0.25, 0.3) is 0 Å². The van der Waals surface area contributed by atoms with Crippen LogP contribution in [0.1, 0.15) is 35.4 Å². The summed E-state index contributed by atoms with van der Waals surface area (Å²) < 4.78 is 0. The molecule has 0 aliphatic heterocycles. The van der Waals surface area contributed by atoms with Gasteiger partial charge in [-0.3, -0.25) is 0 Å². The van der Waals surface area contributed by atoms with E-state index in [9.17, 15) is 9.90 Å². The van der Waals surface area contributed by atoms with Crippen molar-refractivity contribution in [1.29, 1.82) is 0 Å². The lowest BCUT2D eigenvalue weighted by Crippen LogP contribution is -2.42. The quantitative estimate of drug-likeness (QED) is 0.897. The van der Waals surface area contributed by atoms with E-state index in [1.165, 1.54) is 9.75 Å². The first-order chi connectivity index (χ1) is 9.56. The molecule has 0 unspecified atom stereocenters. The first kappa shape index (κ1) is 15.3. The van der Waals surface area contributed by atoms with Crippen LogP contribution in [0.5, 0.6) is 0 Å². The van der Waals surface area contributed by atoms with Crippen LogP contribution >= 0.6 is 11.3 Å². The molecule has 1 aromatic heterocycles. The largest absolute Gasteiger partial charge is 0.393 e. The first-order valence-electron chi connectivity index (χ1n) is 7.28. The summed E-state index contributed by atoms with van der Waals surface area (Å²) in [6, 6.07) is 4.05. The van der Waals surface area contributed by atoms with Gasteiger partial charge in [-0.25, -0.2) is 4.79 Å². The zero-order chi connectivity index (χ0) is 14.5. The van der Waals surface area contributed by atoms with Gasteiger partial charge in [-0.1, -0.05) is 12.8 Å². The van der Waals surface area contributed by atoms with Crippen LogP contribution in [0.3, 0.4) is 0 Å². The van der Waals surface area contributed by atoms with Crippen LogP contribution in [0.4, 0.5) is 4.79 Å². The number of aryl methyl sites for hydroxylation is 1. The number of carbonyl (C=O) groups is 1. The zero-order valence-corrected chi connectivity index (χ0v) is 13.1. The molecule has 20 heavy (non-hydrogen) atoms. The molecule has 2 atom stereocenters. The Balaban J connectivity index is 1.76. The number of thiophene rings is 1. The lowest BCUT2D eigenvalue weighted by molar-refractivity contribution is 0.0565. The zero-order valence-electron chi connectivity index (χ0n) is 12.3. The Morgan fingerprint density at radius 1 is 1.45 bits per heavy atom. The number of hydrogen-bond acceptors (Lipinski definition) is 3. The van der Waals surface area contributed by atoms with Crippen LogP contribution in [0.15, 0.2) is 12.1 Å². The first-order valence-corrected chi connectivity index (χ1v) is 8.10. The molecule has 112 valence electrons. The molecule has 1 aliphatic rings. The molecule has 5 heteroatoms. The highest BCUT2D eigenvalue weighted by atomic mass is 32.1. The summed E-state index contributed by atoms with van der Waals surface area (Å²) in [5, 5.41) is 12.9. The van der Waals surface area contributed by atoms with Crippen molar-refractivity contribution >= 4 is 17.4 Å². The van der Waals surface area contributed by atoms with Crippen LogP contribution in [0.25, 0.3) is 0 Å². The number of nitrogens with zero attached hydrogens (tertiary/aromatic N) is 1. The topological polar surface area (TPSA) is 52.6 Å². The maximum Gasteiger partial charge on any atom is 0.317 e. The maximum absolute atomic E-state index is 12.0. The molecule has 1 aromatic rings. The van der Waals surface area contributed by atoms with Crippen molar-refractivity contribution in [3.05, 3.63) is 21.9 Å². The molecule has 1 saturated carbocycles. The number of aliphatic hydroxyl groups is 1. The van der Waals surface area contributed by atoms with Crippen molar-refractivity contribution in [2.75, 3.05) is 13.6 Å². The van der Waals surface area contributed by atoms with Gasteiger partial charge < -0.3 is 15.3 Å². The smallest absolute Gasteiger partial charge is 0.317 e. The van der Waals surface area contributed by atoms with Gasteiger partial charge in [0.15, 0.2) is 0 Å². The van der Waals surface area contributed by atoms with E-state index < -0.39 is 0 Å². The van der Waals surface area contributed by atoms with Crippen LogP contribution in [-0.4, -0.2) is 35.7 Å². The molecule has 1 fully saturated rings. The number of rotatable bonds is 4. The van der Waals surface area contributed by atoms with E-state index in [0.29, 0.717) is 13.1 Å². The molecular weight excluding hydrogens is 272 g/mol. The van der Waals surface area contributed by atoms with Gasteiger partial charge in [0, 0.05) is 29.3 Å². The van der Waals surface area contributed by atoms with Gasteiger partial charge in [-0.05, 0) is 31.9 Å². The number of nitrogens with one attached hydrogen (secondary N) is 1. The van der Waals surface area contributed by atoms with Crippen molar-refractivity contribution in [3.8, 4) is 0 Å². The average Bonchev–Trinajstić information content (AvgIpc) is 2.84. The Bertz CT molecular complexity index is 447. The Morgan fingerprint density at radius 2 is 2.20 bits per heavy atom. The third kappa shape index (κ3) is 4.21. The van der Waals surface area contributed by atoms with Crippen LogP contribution in [0, 0.1) is 12.8 Å². The van der Waals surface area contributed by atoms with E-state index >= 15 is 0 Å². The normalized spacial score (nSPS) is 22.6. The van der Waals surface area contributed by atoms with Gasteiger partial charge in [0.2, 0.25) is 0 Å². The molecule has 4 nitrogen and oxygen atoms in total. The second-order valence-electron chi connectivity index (χ2n) is 5.66. The van der Waals surface area contributed by atoms with Crippen molar-refractivity contribution in [1.82, 2.24) is 10.2 Å². The predicted molar refractivity (Wildman–Crippen MR) is 81.9 cm³/mol.